The molecule has 314 valence electrons. The average Bonchev–Trinajstić information content (AvgIpc) is 3.72. The van der Waals surface area contributed by atoms with Crippen molar-refractivity contribution in [3.05, 3.63) is 217 Å². The Bertz CT molecular complexity index is 3320. The van der Waals surface area contributed by atoms with Crippen LogP contribution in [0.1, 0.15) is 37.8 Å². The molecule has 0 fully saturated rings. The predicted molar refractivity (Wildman–Crippen MR) is 261 cm³/mol. The van der Waals surface area contributed by atoms with Gasteiger partial charge in [0.1, 0.15) is 11.6 Å². The van der Waals surface area contributed by atoms with Crippen LogP contribution in [-0.2, 0) is 21.1 Å². The number of rotatable bonds is 9. The normalized spacial score (nSPS) is 11.6. The van der Waals surface area contributed by atoms with Crippen molar-refractivity contribution in [3.8, 4) is 89.7 Å². The minimum absolute atomic E-state index is 0. The molecule has 10 aromatic rings. The number of pyridine rings is 1. The van der Waals surface area contributed by atoms with Crippen molar-refractivity contribution in [1.29, 1.82) is 0 Å². The van der Waals surface area contributed by atoms with Gasteiger partial charge < -0.3 is 5.11 Å². The molecule has 0 aliphatic heterocycles. The number of phenolic OH excluding ortho intramolecular Hbond substituents is 1. The molecule has 1 N–H and O–H groups in total. The van der Waals surface area contributed by atoms with E-state index in [0.717, 1.165) is 89.2 Å². The Morgan fingerprint density at radius 3 is 1.83 bits per heavy atom. The van der Waals surface area contributed by atoms with Gasteiger partial charge in [0, 0.05) is 39.9 Å². The van der Waals surface area contributed by atoms with E-state index in [9.17, 15) is 5.11 Å². The standard InChI is InChI=1S/C59H46N3O.Pt/c1-38(2)46-27-28-55(52(36-46)45-19-12-7-13-20-45)62-56-22-14-21-51(57(56)61-59(62)53-32-39(3)31-40(4)58(53)63)49-33-48(42-17-10-6-11-18-42)34-50(35-49)54-37-47(29-30-60-54)44-25-23-43(24-26-44)41-15-8-5-9-16-41;/h5-34,36-38,63H,1-4H3;/q-1;/i38D;. The Labute approximate surface area is 391 Å². The van der Waals surface area contributed by atoms with E-state index >= 15 is 0 Å². The second kappa shape index (κ2) is 17.9. The number of phenols is 1. The second-order valence-corrected chi connectivity index (χ2v) is 16.5. The van der Waals surface area contributed by atoms with Crippen LogP contribution in [0.25, 0.3) is 95.0 Å². The van der Waals surface area contributed by atoms with E-state index < -0.39 is 5.89 Å². The van der Waals surface area contributed by atoms with Gasteiger partial charge in [-0.25, -0.2) is 4.98 Å². The molecule has 0 bridgehead atoms. The zero-order valence-electron chi connectivity index (χ0n) is 37.1. The van der Waals surface area contributed by atoms with E-state index in [1.807, 2.05) is 82.4 Å². The van der Waals surface area contributed by atoms with E-state index in [1.165, 1.54) is 11.1 Å². The molecular weight excluding hydrogens is 962 g/mol. The molecule has 0 amide bonds. The summed E-state index contributed by atoms with van der Waals surface area (Å²) in [5, 5.41) is 11.8. The summed E-state index contributed by atoms with van der Waals surface area (Å²) in [7, 11) is 0. The Morgan fingerprint density at radius 1 is 0.547 bits per heavy atom. The van der Waals surface area contributed by atoms with Gasteiger partial charge in [-0.1, -0.05) is 176 Å². The first-order valence-corrected chi connectivity index (χ1v) is 21.4. The summed E-state index contributed by atoms with van der Waals surface area (Å²) in [6.45, 7) is 7.80. The first kappa shape index (κ1) is 40.9. The molecular formula is C59H46N3OPt-. The smallest absolute Gasteiger partial charge is 0.148 e. The van der Waals surface area contributed by atoms with E-state index in [1.54, 1.807) is 0 Å². The molecule has 0 saturated carbocycles. The monoisotopic (exact) mass is 1010 g/mol. The molecule has 0 aliphatic rings. The Kier molecular flexibility index (Phi) is 11.5. The van der Waals surface area contributed by atoms with Crippen LogP contribution < -0.4 is 0 Å². The topological polar surface area (TPSA) is 50.9 Å². The van der Waals surface area contributed by atoms with Crippen LogP contribution in [0.15, 0.2) is 194 Å². The maximum absolute atomic E-state index is 11.8. The third-order valence-corrected chi connectivity index (χ3v) is 11.9. The van der Waals surface area contributed by atoms with Gasteiger partial charge in [0.2, 0.25) is 0 Å². The molecule has 2 heterocycles. The van der Waals surface area contributed by atoms with Gasteiger partial charge in [-0.3, -0.25) is 9.55 Å². The van der Waals surface area contributed by atoms with Crippen LogP contribution in [0.3, 0.4) is 0 Å². The number of nitrogens with zero attached hydrogens (tertiary/aromatic N) is 3. The van der Waals surface area contributed by atoms with E-state index in [-0.39, 0.29) is 26.8 Å². The quantitative estimate of drug-likeness (QED) is 0.147. The summed E-state index contributed by atoms with van der Waals surface area (Å²) in [5.74, 6) is -0.0111. The minimum atomic E-state index is -0.820. The molecule has 64 heavy (non-hydrogen) atoms. The number of hydrogen-bond donors (Lipinski definition) is 1. The summed E-state index contributed by atoms with van der Waals surface area (Å²) in [6, 6.07) is 68.7. The molecule has 0 aliphatic carbocycles. The number of aromatic nitrogens is 3. The maximum atomic E-state index is 11.8. The van der Waals surface area contributed by atoms with E-state index in [0.29, 0.717) is 11.4 Å². The molecule has 0 atom stereocenters. The molecule has 0 unspecified atom stereocenters. The van der Waals surface area contributed by atoms with Gasteiger partial charge in [-0.2, -0.15) is 0 Å². The summed E-state index contributed by atoms with van der Waals surface area (Å²) in [5.41, 5.74) is 18.0. The van der Waals surface area contributed by atoms with Crippen LogP contribution in [0.4, 0.5) is 0 Å². The Balaban J connectivity index is 0.00000533. The van der Waals surface area contributed by atoms with Crippen molar-refractivity contribution in [3.63, 3.8) is 0 Å². The molecule has 4 nitrogen and oxygen atoms in total. The van der Waals surface area contributed by atoms with Crippen molar-refractivity contribution in [1.82, 2.24) is 14.5 Å². The molecule has 0 saturated heterocycles. The van der Waals surface area contributed by atoms with Gasteiger partial charge in [0.25, 0.3) is 0 Å². The first-order chi connectivity index (χ1) is 31.1. The number of aromatic hydroxyl groups is 1. The first-order valence-electron chi connectivity index (χ1n) is 21.9. The van der Waals surface area contributed by atoms with Gasteiger partial charge in [0.15, 0.2) is 0 Å². The van der Waals surface area contributed by atoms with Crippen LogP contribution in [0, 0.1) is 19.9 Å². The Hall–Kier alpha value is -7.13. The zero-order chi connectivity index (χ0) is 44.0. The number of benzene rings is 8. The predicted octanol–water partition coefficient (Wildman–Crippen LogP) is 15.3. The van der Waals surface area contributed by atoms with Crippen molar-refractivity contribution in [2.24, 2.45) is 0 Å². The van der Waals surface area contributed by atoms with Crippen molar-refractivity contribution in [2.45, 2.75) is 33.6 Å². The van der Waals surface area contributed by atoms with Gasteiger partial charge in [-0.15, -0.1) is 23.8 Å². The number of imidazole rings is 1. The van der Waals surface area contributed by atoms with Crippen LogP contribution in [-0.4, -0.2) is 19.6 Å². The van der Waals surface area contributed by atoms with Gasteiger partial charge in [-0.05, 0) is 100 Å². The van der Waals surface area contributed by atoms with Gasteiger partial charge >= 0.3 is 0 Å². The van der Waals surface area contributed by atoms with Crippen LogP contribution in [0.5, 0.6) is 5.75 Å². The molecule has 0 spiro atoms. The van der Waals surface area contributed by atoms with Crippen molar-refractivity contribution < 1.29 is 27.5 Å². The zero-order valence-corrected chi connectivity index (χ0v) is 38.4. The number of hydrogen-bond acceptors (Lipinski definition) is 3. The number of fused-ring (bicyclic) bond motifs is 1. The summed E-state index contributed by atoms with van der Waals surface area (Å²) in [4.78, 5) is 10.4. The molecule has 8 aromatic carbocycles. The fourth-order valence-corrected chi connectivity index (χ4v) is 8.66. The molecule has 5 heteroatoms. The van der Waals surface area contributed by atoms with Crippen LogP contribution >= 0.6 is 0 Å². The number of para-hydroxylation sites is 1. The molecule has 2 aromatic heterocycles. The maximum Gasteiger partial charge on any atom is 0.148 e. The van der Waals surface area contributed by atoms with E-state index in [4.69, 9.17) is 11.3 Å². The minimum Gasteiger partial charge on any atom is -0.507 e. The summed E-state index contributed by atoms with van der Waals surface area (Å²) in [6.07, 6.45) is 1.88. The third-order valence-electron chi connectivity index (χ3n) is 11.9. The van der Waals surface area contributed by atoms with Gasteiger partial charge in [0.05, 0.1) is 22.3 Å². The summed E-state index contributed by atoms with van der Waals surface area (Å²) >= 11 is 0. The van der Waals surface area contributed by atoms with E-state index in [2.05, 4.69) is 150 Å². The van der Waals surface area contributed by atoms with Crippen molar-refractivity contribution >= 4 is 11.0 Å². The average molecular weight is 1010 g/mol. The molecule has 10 rings (SSSR count). The third kappa shape index (κ3) is 8.14. The molecule has 0 radical (unpaired) electrons. The SMILES string of the molecule is [2H]C(C)(C)c1ccc(-n2c(-c3cc(C)cc(C)c3O)nc3c(-c4[c-]c(-c5cc(-c6ccc(-c7ccccc7)cc6)ccn5)cc(-c5ccccc5)c4)cccc32)c(-c2ccccc2)c1.[Pt]. The Morgan fingerprint density at radius 2 is 1.16 bits per heavy atom. The fraction of sp³-hybridized carbons (Fsp3) is 0.0847. The second-order valence-electron chi connectivity index (χ2n) is 16.5. The summed E-state index contributed by atoms with van der Waals surface area (Å²) < 4.78 is 11.1. The number of aryl methyl sites for hydroxylation is 2. The fourth-order valence-electron chi connectivity index (χ4n) is 8.66. The van der Waals surface area contributed by atoms with Crippen molar-refractivity contribution in [2.75, 3.05) is 0 Å². The largest absolute Gasteiger partial charge is 0.507 e. The van der Waals surface area contributed by atoms with Crippen LogP contribution in [0.2, 0.25) is 0 Å².